The number of benzene rings is 1. The third-order valence-corrected chi connectivity index (χ3v) is 6.91. The van der Waals surface area contributed by atoms with Gasteiger partial charge in [0.25, 0.3) is 0 Å². The number of ether oxygens (including phenoxy) is 2. The molecule has 1 aromatic rings. The molecule has 6 nitrogen and oxygen atoms in total. The first kappa shape index (κ1) is 24.4. The molecule has 0 aromatic heterocycles. The summed E-state index contributed by atoms with van der Waals surface area (Å²) in [6.45, 7) is 8.22. The number of nitrogens with zero attached hydrogens (tertiary/aromatic N) is 2. The van der Waals surface area contributed by atoms with Gasteiger partial charge in [0.1, 0.15) is 5.60 Å². The van der Waals surface area contributed by atoms with Crippen molar-refractivity contribution in [3.05, 3.63) is 29.8 Å². The first-order valence-corrected chi connectivity index (χ1v) is 12.0. The highest BCUT2D eigenvalue weighted by atomic mass is 16.6. The number of likely N-dealkylation sites (tertiary alicyclic amines) is 1. The fourth-order valence-corrected chi connectivity index (χ4v) is 5.23. The Bertz CT molecular complexity index is 780. The van der Waals surface area contributed by atoms with Gasteiger partial charge in [-0.15, -0.1) is 0 Å². The molecule has 2 unspecified atom stereocenters. The SMILES string of the molecule is COC(=O)CCC(CC1CCN(C(=O)OC(C)(C)C)CC1)C1Cc2ccccc2N(C)C1. The molecule has 0 bridgehead atoms. The maximum atomic E-state index is 12.4. The van der Waals surface area contributed by atoms with Crippen molar-refractivity contribution in [1.82, 2.24) is 4.90 Å². The van der Waals surface area contributed by atoms with Gasteiger partial charge in [-0.3, -0.25) is 4.79 Å². The summed E-state index contributed by atoms with van der Waals surface area (Å²) in [6.07, 6.45) is 5.27. The minimum absolute atomic E-state index is 0.126. The Kier molecular flexibility index (Phi) is 8.07. The second-order valence-corrected chi connectivity index (χ2v) is 10.5. The number of amides is 1. The Morgan fingerprint density at radius 1 is 1.16 bits per heavy atom. The zero-order chi connectivity index (χ0) is 23.3. The number of anilines is 1. The van der Waals surface area contributed by atoms with E-state index in [1.165, 1.54) is 18.4 Å². The van der Waals surface area contributed by atoms with Crippen LogP contribution >= 0.6 is 0 Å². The van der Waals surface area contributed by atoms with E-state index >= 15 is 0 Å². The van der Waals surface area contributed by atoms with Gasteiger partial charge in [-0.05, 0) is 82.3 Å². The molecule has 3 rings (SSSR count). The van der Waals surface area contributed by atoms with E-state index in [1.807, 2.05) is 25.7 Å². The molecule has 0 spiro atoms. The molecular weight excluding hydrogens is 404 g/mol. The van der Waals surface area contributed by atoms with Crippen molar-refractivity contribution in [3.63, 3.8) is 0 Å². The monoisotopic (exact) mass is 444 g/mol. The molecule has 6 heteroatoms. The van der Waals surface area contributed by atoms with Crippen molar-refractivity contribution in [2.24, 2.45) is 17.8 Å². The summed E-state index contributed by atoms with van der Waals surface area (Å²) in [6, 6.07) is 8.64. The van der Waals surface area contributed by atoms with Crippen LogP contribution in [-0.4, -0.2) is 56.4 Å². The zero-order valence-corrected chi connectivity index (χ0v) is 20.4. The van der Waals surface area contributed by atoms with Crippen LogP contribution in [0.5, 0.6) is 0 Å². The smallest absolute Gasteiger partial charge is 0.410 e. The quantitative estimate of drug-likeness (QED) is 0.584. The topological polar surface area (TPSA) is 59.1 Å². The van der Waals surface area contributed by atoms with Gasteiger partial charge in [0.15, 0.2) is 0 Å². The number of rotatable bonds is 6. The van der Waals surface area contributed by atoms with E-state index in [4.69, 9.17) is 9.47 Å². The summed E-state index contributed by atoms with van der Waals surface area (Å²) in [4.78, 5) is 28.5. The van der Waals surface area contributed by atoms with Crippen LogP contribution in [0.2, 0.25) is 0 Å². The fourth-order valence-electron chi connectivity index (χ4n) is 5.23. The minimum Gasteiger partial charge on any atom is -0.469 e. The van der Waals surface area contributed by atoms with E-state index in [0.717, 1.165) is 51.7 Å². The number of methoxy groups -OCH3 is 1. The van der Waals surface area contributed by atoms with Crippen LogP contribution in [0.3, 0.4) is 0 Å². The van der Waals surface area contributed by atoms with Gasteiger partial charge in [0.05, 0.1) is 7.11 Å². The fraction of sp³-hybridized carbons (Fsp3) is 0.692. The molecule has 2 atom stereocenters. The van der Waals surface area contributed by atoms with Crippen molar-refractivity contribution in [1.29, 1.82) is 0 Å². The van der Waals surface area contributed by atoms with Gasteiger partial charge in [-0.2, -0.15) is 0 Å². The average Bonchev–Trinajstić information content (AvgIpc) is 2.75. The Labute approximate surface area is 193 Å². The molecule has 0 saturated carbocycles. The van der Waals surface area contributed by atoms with Crippen LogP contribution in [-0.2, 0) is 20.7 Å². The van der Waals surface area contributed by atoms with Crippen molar-refractivity contribution in [2.75, 3.05) is 38.7 Å². The number of hydrogen-bond donors (Lipinski definition) is 0. The van der Waals surface area contributed by atoms with Gasteiger partial charge in [0, 0.05) is 38.8 Å². The van der Waals surface area contributed by atoms with Gasteiger partial charge in [-0.1, -0.05) is 18.2 Å². The predicted octanol–water partition coefficient (Wildman–Crippen LogP) is 4.90. The summed E-state index contributed by atoms with van der Waals surface area (Å²) in [5.41, 5.74) is 2.26. The van der Waals surface area contributed by atoms with Crippen molar-refractivity contribution < 1.29 is 19.1 Å². The molecule has 0 radical (unpaired) electrons. The molecule has 0 aliphatic carbocycles. The average molecular weight is 445 g/mol. The zero-order valence-electron chi connectivity index (χ0n) is 20.4. The molecule has 1 fully saturated rings. The number of piperidine rings is 1. The van der Waals surface area contributed by atoms with Crippen LogP contribution in [0.4, 0.5) is 10.5 Å². The van der Waals surface area contributed by atoms with E-state index in [9.17, 15) is 9.59 Å². The molecular formula is C26H40N2O4. The van der Waals surface area contributed by atoms with E-state index in [1.54, 1.807) is 0 Å². The van der Waals surface area contributed by atoms with Gasteiger partial charge in [-0.25, -0.2) is 4.79 Å². The summed E-state index contributed by atoms with van der Waals surface area (Å²) in [7, 11) is 3.63. The normalized spacial score (nSPS) is 20.5. The van der Waals surface area contributed by atoms with Crippen molar-refractivity contribution in [3.8, 4) is 0 Å². The molecule has 1 amide bonds. The number of carbonyl (C=O) groups excluding carboxylic acids is 2. The number of para-hydroxylation sites is 1. The van der Waals surface area contributed by atoms with E-state index < -0.39 is 5.60 Å². The molecule has 1 saturated heterocycles. The van der Waals surface area contributed by atoms with Gasteiger partial charge in [0.2, 0.25) is 0 Å². The molecule has 0 N–H and O–H groups in total. The summed E-state index contributed by atoms with van der Waals surface area (Å²) in [5.74, 6) is 1.42. The molecule has 2 aliphatic heterocycles. The lowest BCUT2D eigenvalue weighted by atomic mass is 9.75. The second-order valence-electron chi connectivity index (χ2n) is 10.5. The van der Waals surface area contributed by atoms with Crippen LogP contribution < -0.4 is 4.90 Å². The Morgan fingerprint density at radius 3 is 2.50 bits per heavy atom. The Balaban J connectivity index is 1.62. The first-order valence-electron chi connectivity index (χ1n) is 12.0. The molecule has 32 heavy (non-hydrogen) atoms. The van der Waals surface area contributed by atoms with E-state index in [-0.39, 0.29) is 12.1 Å². The van der Waals surface area contributed by atoms with Crippen molar-refractivity contribution >= 4 is 17.7 Å². The highest BCUT2D eigenvalue weighted by Crippen LogP contribution is 2.38. The standard InChI is InChI=1S/C26H40N2O4/c1-26(2,3)32-25(30)28-14-12-19(13-15-28)16-20(10-11-24(29)31-5)22-17-21-8-6-7-9-23(21)27(4)18-22/h6-9,19-20,22H,10-18H2,1-5H3. The third-order valence-electron chi connectivity index (χ3n) is 6.91. The lowest BCUT2D eigenvalue weighted by molar-refractivity contribution is -0.141. The Morgan fingerprint density at radius 2 is 1.84 bits per heavy atom. The minimum atomic E-state index is -0.462. The van der Waals surface area contributed by atoms with Crippen LogP contribution in [0.25, 0.3) is 0 Å². The first-order chi connectivity index (χ1) is 15.2. The maximum Gasteiger partial charge on any atom is 0.410 e. The number of carbonyl (C=O) groups is 2. The summed E-state index contributed by atoms with van der Waals surface area (Å²) in [5, 5.41) is 0. The largest absolute Gasteiger partial charge is 0.469 e. The third kappa shape index (κ3) is 6.63. The maximum absolute atomic E-state index is 12.4. The second kappa shape index (κ2) is 10.6. The Hall–Kier alpha value is -2.24. The molecule has 1 aromatic carbocycles. The van der Waals surface area contributed by atoms with Gasteiger partial charge < -0.3 is 19.3 Å². The lowest BCUT2D eigenvalue weighted by Gasteiger charge is -2.40. The number of esters is 1. The highest BCUT2D eigenvalue weighted by Gasteiger charge is 2.33. The highest BCUT2D eigenvalue weighted by molar-refractivity contribution is 5.69. The predicted molar refractivity (Wildman–Crippen MR) is 127 cm³/mol. The van der Waals surface area contributed by atoms with Crippen molar-refractivity contribution in [2.45, 2.75) is 64.9 Å². The summed E-state index contributed by atoms with van der Waals surface area (Å²) >= 11 is 0. The van der Waals surface area contributed by atoms with E-state index in [0.29, 0.717) is 24.2 Å². The molecule has 2 heterocycles. The van der Waals surface area contributed by atoms with Crippen LogP contribution in [0.15, 0.2) is 24.3 Å². The van der Waals surface area contributed by atoms with Crippen LogP contribution in [0, 0.1) is 17.8 Å². The number of hydrogen-bond acceptors (Lipinski definition) is 5. The lowest BCUT2D eigenvalue weighted by Crippen LogP contribution is -2.42. The molecule has 2 aliphatic rings. The molecule has 178 valence electrons. The van der Waals surface area contributed by atoms with E-state index in [2.05, 4.69) is 36.2 Å². The number of fused-ring (bicyclic) bond motifs is 1. The summed E-state index contributed by atoms with van der Waals surface area (Å²) < 4.78 is 10.5. The van der Waals surface area contributed by atoms with Crippen LogP contribution in [0.1, 0.15) is 58.4 Å². The van der Waals surface area contributed by atoms with Gasteiger partial charge >= 0.3 is 12.1 Å².